The van der Waals surface area contributed by atoms with Gasteiger partial charge in [-0.05, 0) is 19.3 Å². The lowest BCUT2D eigenvalue weighted by Crippen LogP contribution is -2.05. The first-order chi connectivity index (χ1) is 10.8. The Bertz CT molecular complexity index is 231. The van der Waals surface area contributed by atoms with Gasteiger partial charge >= 0.3 is 5.97 Å². The van der Waals surface area contributed by atoms with E-state index in [4.69, 9.17) is 4.74 Å². The largest absolute Gasteiger partial charge is 0.466 e. The molecule has 0 bridgehead atoms. The first-order valence-electron chi connectivity index (χ1n) is 9.52. The smallest absolute Gasteiger partial charge is 0.305 e. The molecule has 22 heavy (non-hydrogen) atoms. The van der Waals surface area contributed by atoms with Crippen molar-refractivity contribution in [2.45, 2.75) is 103 Å². The second-order valence-corrected chi connectivity index (χ2v) is 7.05. The molecule has 0 unspecified atom stereocenters. The van der Waals surface area contributed by atoms with E-state index in [1.807, 2.05) is 0 Å². The summed E-state index contributed by atoms with van der Waals surface area (Å²) in [5, 5.41) is 1.13. The van der Waals surface area contributed by atoms with Gasteiger partial charge in [-0.3, -0.25) is 4.79 Å². The van der Waals surface area contributed by atoms with E-state index in [0.29, 0.717) is 13.0 Å². The minimum Gasteiger partial charge on any atom is -0.466 e. The Hall–Kier alpha value is -0.0500. The van der Waals surface area contributed by atoms with Crippen LogP contribution in [-0.4, -0.2) is 17.9 Å². The van der Waals surface area contributed by atoms with Gasteiger partial charge in [-0.25, -0.2) is 0 Å². The number of esters is 1. The molecule has 0 aliphatic carbocycles. The molecule has 0 amide bonds. The van der Waals surface area contributed by atoms with Crippen LogP contribution in [0.15, 0.2) is 0 Å². The summed E-state index contributed by atoms with van der Waals surface area (Å²) >= 11 is 3.46. The van der Waals surface area contributed by atoms with E-state index in [2.05, 4.69) is 22.9 Å². The van der Waals surface area contributed by atoms with Crippen LogP contribution in [0.3, 0.4) is 0 Å². The second kappa shape index (κ2) is 19.0. The van der Waals surface area contributed by atoms with Crippen LogP contribution in [0.4, 0.5) is 0 Å². The molecule has 0 fully saturated rings. The molecule has 0 aliphatic heterocycles. The molecule has 0 aromatic carbocycles. The molecule has 0 aromatic rings. The van der Waals surface area contributed by atoms with Crippen molar-refractivity contribution in [3.8, 4) is 0 Å². The van der Waals surface area contributed by atoms with E-state index in [1.165, 1.54) is 77.0 Å². The van der Waals surface area contributed by atoms with Crippen molar-refractivity contribution >= 4 is 21.9 Å². The van der Waals surface area contributed by atoms with Gasteiger partial charge in [0.2, 0.25) is 0 Å². The van der Waals surface area contributed by atoms with Crippen LogP contribution in [-0.2, 0) is 9.53 Å². The number of hydrogen-bond acceptors (Lipinski definition) is 2. The second-order valence-electron chi connectivity index (χ2n) is 6.26. The number of halogens is 1. The summed E-state index contributed by atoms with van der Waals surface area (Å²) in [6, 6.07) is 0. The Balaban J connectivity index is 3.13. The van der Waals surface area contributed by atoms with Crippen molar-refractivity contribution in [1.82, 2.24) is 0 Å². The molecule has 0 aromatic heterocycles. The van der Waals surface area contributed by atoms with Crippen molar-refractivity contribution in [3.63, 3.8) is 0 Å². The van der Waals surface area contributed by atoms with Crippen molar-refractivity contribution in [2.24, 2.45) is 0 Å². The Kier molecular flexibility index (Phi) is 19.0. The van der Waals surface area contributed by atoms with Crippen LogP contribution in [0, 0.1) is 0 Å². The Morgan fingerprint density at radius 2 is 1.23 bits per heavy atom. The van der Waals surface area contributed by atoms with Crippen molar-refractivity contribution in [3.05, 3.63) is 0 Å². The molecule has 0 heterocycles. The molecule has 0 radical (unpaired) electrons. The molecule has 3 heteroatoms. The summed E-state index contributed by atoms with van der Waals surface area (Å²) in [7, 11) is 0. The normalized spacial score (nSPS) is 10.8. The van der Waals surface area contributed by atoms with Crippen molar-refractivity contribution in [2.75, 3.05) is 11.9 Å². The van der Waals surface area contributed by atoms with Gasteiger partial charge in [-0.15, -0.1) is 0 Å². The van der Waals surface area contributed by atoms with Gasteiger partial charge in [0, 0.05) is 11.8 Å². The minimum absolute atomic E-state index is 0.00544. The highest BCUT2D eigenvalue weighted by Gasteiger charge is 2.02. The highest BCUT2D eigenvalue weighted by molar-refractivity contribution is 9.09. The van der Waals surface area contributed by atoms with Gasteiger partial charge in [0.1, 0.15) is 0 Å². The van der Waals surface area contributed by atoms with Gasteiger partial charge in [-0.2, -0.15) is 0 Å². The summed E-state index contributed by atoms with van der Waals surface area (Å²) in [6.07, 6.45) is 18.1. The molecular formula is C19H37BrO2. The van der Waals surface area contributed by atoms with Gasteiger partial charge in [0.05, 0.1) is 6.61 Å². The average molecular weight is 377 g/mol. The number of carbonyl (C=O) groups is 1. The number of ether oxygens (including phenoxy) is 1. The zero-order valence-corrected chi connectivity index (χ0v) is 16.3. The Labute approximate surface area is 146 Å². The van der Waals surface area contributed by atoms with Crippen LogP contribution in [0.1, 0.15) is 103 Å². The van der Waals surface area contributed by atoms with Gasteiger partial charge in [-0.1, -0.05) is 93.5 Å². The topological polar surface area (TPSA) is 26.3 Å². The summed E-state index contributed by atoms with van der Waals surface area (Å²) in [5.41, 5.74) is 0. The lowest BCUT2D eigenvalue weighted by Gasteiger charge is -2.05. The van der Waals surface area contributed by atoms with E-state index < -0.39 is 0 Å². The monoisotopic (exact) mass is 376 g/mol. The first kappa shape index (κ1) is 21.9. The number of alkyl halides is 1. The van der Waals surface area contributed by atoms with Crippen LogP contribution in [0.2, 0.25) is 0 Å². The number of rotatable bonds is 17. The number of unbranched alkanes of at least 4 members (excludes halogenated alkanes) is 12. The van der Waals surface area contributed by atoms with Crippen molar-refractivity contribution < 1.29 is 9.53 Å². The predicted octanol–water partition coefficient (Wildman–Crippen LogP) is 6.80. The maximum atomic E-state index is 11.6. The molecule has 0 spiro atoms. The fourth-order valence-electron chi connectivity index (χ4n) is 2.57. The molecule has 0 aliphatic rings. The highest BCUT2D eigenvalue weighted by atomic mass is 79.9. The molecule has 0 atom stereocenters. The Morgan fingerprint density at radius 1 is 0.727 bits per heavy atom. The molecule has 2 nitrogen and oxygen atoms in total. The first-order valence-corrected chi connectivity index (χ1v) is 10.6. The standard InChI is InChI=1S/C19H37BrO2/c1-2-3-4-5-12-15-18-22-19(21)16-13-10-8-6-7-9-11-14-17-20/h2-18H2,1H3. The number of carbonyl (C=O) groups excluding carboxylic acids is 1. The third-order valence-electron chi connectivity index (χ3n) is 4.03. The maximum Gasteiger partial charge on any atom is 0.305 e. The quantitative estimate of drug-likeness (QED) is 0.158. The SMILES string of the molecule is CCCCCCCCOC(=O)CCCCCCCCCCBr. The highest BCUT2D eigenvalue weighted by Crippen LogP contribution is 2.11. The lowest BCUT2D eigenvalue weighted by molar-refractivity contribution is -0.143. The fraction of sp³-hybridized carbons (Fsp3) is 0.947. The molecule has 0 saturated carbocycles. The maximum absolute atomic E-state index is 11.6. The molecule has 0 saturated heterocycles. The van der Waals surface area contributed by atoms with E-state index in [0.717, 1.165) is 18.2 Å². The van der Waals surface area contributed by atoms with Crippen LogP contribution in [0.5, 0.6) is 0 Å². The summed E-state index contributed by atoms with van der Waals surface area (Å²) < 4.78 is 5.28. The molecular weight excluding hydrogens is 340 g/mol. The Morgan fingerprint density at radius 3 is 1.82 bits per heavy atom. The average Bonchev–Trinajstić information content (AvgIpc) is 2.52. The molecule has 0 N–H and O–H groups in total. The van der Waals surface area contributed by atoms with E-state index in [-0.39, 0.29) is 5.97 Å². The summed E-state index contributed by atoms with van der Waals surface area (Å²) in [6.45, 7) is 2.85. The fourth-order valence-corrected chi connectivity index (χ4v) is 2.96. The zero-order valence-electron chi connectivity index (χ0n) is 14.7. The predicted molar refractivity (Wildman–Crippen MR) is 99.7 cm³/mol. The molecule has 132 valence electrons. The zero-order chi connectivity index (χ0) is 16.3. The van der Waals surface area contributed by atoms with Gasteiger partial charge in [0.25, 0.3) is 0 Å². The molecule has 0 rings (SSSR count). The van der Waals surface area contributed by atoms with E-state index >= 15 is 0 Å². The van der Waals surface area contributed by atoms with Crippen LogP contribution >= 0.6 is 15.9 Å². The lowest BCUT2D eigenvalue weighted by atomic mass is 10.1. The summed E-state index contributed by atoms with van der Waals surface area (Å²) in [4.78, 5) is 11.6. The van der Waals surface area contributed by atoms with Crippen LogP contribution in [0.25, 0.3) is 0 Å². The van der Waals surface area contributed by atoms with E-state index in [9.17, 15) is 4.79 Å². The van der Waals surface area contributed by atoms with Gasteiger partial charge in [0.15, 0.2) is 0 Å². The van der Waals surface area contributed by atoms with Gasteiger partial charge < -0.3 is 4.74 Å². The minimum atomic E-state index is 0.00544. The third-order valence-corrected chi connectivity index (χ3v) is 4.59. The third kappa shape index (κ3) is 18.0. The van der Waals surface area contributed by atoms with Crippen LogP contribution < -0.4 is 0 Å². The summed E-state index contributed by atoms with van der Waals surface area (Å²) in [5.74, 6) is 0.00544. The van der Waals surface area contributed by atoms with Crippen molar-refractivity contribution in [1.29, 1.82) is 0 Å². The van der Waals surface area contributed by atoms with E-state index in [1.54, 1.807) is 0 Å². The number of hydrogen-bond donors (Lipinski definition) is 0.